The molecular weight excluding hydrogens is 1340 g/mol. The Hall–Kier alpha value is -9.70. The number of nitrogens with zero attached hydrogens (tertiary/aromatic N) is 2. The second kappa shape index (κ2) is 27.6. The maximum absolute atomic E-state index is 11.6. The molecule has 0 aromatic heterocycles. The standard InChI is InChI=1S/C108H121BN2/c1-100(2,3)77-47-41-70(42-48-77)86-63-83(106(19,20)21)65-88(76-56-81(104(13,14)15)62-82(57-76)105(16,17)18)98(86)110-93-58-73(68-35-30-28-31-36-68)45-53-91(93)109-92-54-46-74(69-37-32-29-33-38-69)59-94(92)111(96-61-75(60-95(110)97(96)109)72-39-34-40-79(55-72)102(7,8)9)99-87(71-43-49-78(50-44-71)101(4,5)6)64-84(107(22,23)24)66-89(99)85-52-51-80(103(10,11)12)67-90(85)108(25,26)27/h28-67H,1-27H3/i28D,29D,30D,31D,32D,33D,35D,36D,37D,38D,41D,42D,43D,44D,47D,48D,49D,50D,51D,52D,56D,57D,62D,63D,64D,65D,66D,67D. The summed E-state index contributed by atoms with van der Waals surface area (Å²) in [5.41, 5.74) is -11.9. The highest BCUT2D eigenvalue weighted by atomic mass is 15.2. The molecule has 2 heterocycles. The molecule has 0 unspecified atom stereocenters. The molecule has 0 spiro atoms. The Labute approximate surface area is 708 Å². The number of rotatable bonds is 9. The maximum Gasteiger partial charge on any atom is 0.252 e. The van der Waals surface area contributed by atoms with Crippen LogP contribution in [0, 0.1) is 0 Å². The Morgan fingerprint density at radius 3 is 0.982 bits per heavy atom. The fraction of sp³-hybridized carbons (Fsp3) is 0.333. The van der Waals surface area contributed by atoms with E-state index in [9.17, 15) is 35.6 Å². The van der Waals surface area contributed by atoms with E-state index in [1.54, 1.807) is 141 Å². The van der Waals surface area contributed by atoms with Crippen LogP contribution in [0.4, 0.5) is 34.1 Å². The lowest BCUT2D eigenvalue weighted by atomic mass is 9.33. The third kappa shape index (κ3) is 15.1. The molecule has 566 valence electrons. The van der Waals surface area contributed by atoms with E-state index in [1.165, 1.54) is 0 Å². The van der Waals surface area contributed by atoms with Gasteiger partial charge in [0.1, 0.15) is 0 Å². The minimum absolute atomic E-state index is 0.00159. The van der Waals surface area contributed by atoms with Gasteiger partial charge in [0.25, 0.3) is 6.71 Å². The monoisotopic (exact) mass is 1490 g/mol. The molecule has 2 aliphatic rings. The molecule has 0 aliphatic carbocycles. The molecule has 111 heavy (non-hydrogen) atoms. The summed E-state index contributed by atoms with van der Waals surface area (Å²) in [7, 11) is 0. The molecule has 12 aromatic carbocycles. The van der Waals surface area contributed by atoms with E-state index in [1.807, 2.05) is 128 Å². The Morgan fingerprint density at radius 2 is 0.586 bits per heavy atom. The minimum atomic E-state index is -1.36. The summed E-state index contributed by atoms with van der Waals surface area (Å²) >= 11 is 0. The zero-order valence-corrected chi connectivity index (χ0v) is 69.9. The van der Waals surface area contributed by atoms with Gasteiger partial charge in [0, 0.05) is 45.0 Å². The van der Waals surface area contributed by atoms with Crippen molar-refractivity contribution in [2.24, 2.45) is 0 Å². The first-order valence-corrected chi connectivity index (χ1v) is 38.7. The van der Waals surface area contributed by atoms with E-state index < -0.39 is 229 Å². The van der Waals surface area contributed by atoms with E-state index in [4.69, 9.17) is 2.74 Å². The lowest BCUT2D eigenvalue weighted by Gasteiger charge is -2.46. The average Bonchev–Trinajstić information content (AvgIpc) is 0.673. The van der Waals surface area contributed by atoms with Gasteiger partial charge in [-0.25, -0.2) is 0 Å². The van der Waals surface area contributed by atoms with Crippen molar-refractivity contribution in [2.45, 2.75) is 236 Å². The van der Waals surface area contributed by atoms with Crippen LogP contribution < -0.4 is 26.2 Å². The highest BCUT2D eigenvalue weighted by molar-refractivity contribution is 7.00. The van der Waals surface area contributed by atoms with Crippen molar-refractivity contribution in [2.75, 3.05) is 9.80 Å². The van der Waals surface area contributed by atoms with E-state index in [0.717, 1.165) is 5.56 Å². The summed E-state index contributed by atoms with van der Waals surface area (Å²) < 4.78 is 291. The van der Waals surface area contributed by atoms with E-state index >= 15 is 0 Å². The molecular formula is C108H121BN2. The van der Waals surface area contributed by atoms with Gasteiger partial charge in [-0.3, -0.25) is 0 Å². The second-order valence-corrected chi connectivity index (χ2v) is 39.4. The number of hydrogen-bond donors (Lipinski definition) is 0. The molecule has 0 atom stereocenters. The fourth-order valence-electron chi connectivity index (χ4n) is 14.4. The first-order chi connectivity index (χ1) is 63.5. The van der Waals surface area contributed by atoms with Crippen LogP contribution in [-0.2, 0) is 48.7 Å². The number of anilines is 6. The minimum Gasteiger partial charge on any atom is -0.310 e. The summed E-state index contributed by atoms with van der Waals surface area (Å²) in [6, 6.07) is 4.99. The largest absolute Gasteiger partial charge is 0.310 e. The van der Waals surface area contributed by atoms with Crippen LogP contribution in [0.3, 0.4) is 0 Å². The van der Waals surface area contributed by atoms with Crippen molar-refractivity contribution in [3.63, 3.8) is 0 Å². The van der Waals surface area contributed by atoms with E-state index in [2.05, 4.69) is 0 Å². The van der Waals surface area contributed by atoms with Gasteiger partial charge in [-0.1, -0.05) is 380 Å². The van der Waals surface area contributed by atoms with Crippen LogP contribution in [0.5, 0.6) is 0 Å². The highest BCUT2D eigenvalue weighted by Gasteiger charge is 2.47. The molecule has 0 fully saturated rings. The normalized spacial score (nSPS) is 17.2. The molecule has 12 aromatic rings. The van der Waals surface area contributed by atoms with Gasteiger partial charge in [-0.2, -0.15) is 0 Å². The molecule has 3 heteroatoms. The predicted molar refractivity (Wildman–Crippen MR) is 487 cm³/mol. The summed E-state index contributed by atoms with van der Waals surface area (Å²) in [6.45, 7) is 47.4. The maximum atomic E-state index is 11.6. The average molecular weight is 1490 g/mol. The third-order valence-electron chi connectivity index (χ3n) is 20.9. The van der Waals surface area contributed by atoms with Gasteiger partial charge < -0.3 is 9.80 Å². The number of benzene rings is 12. The SMILES string of the molecule is [2H]c1c([2H])c([2H])c(-c2ccc3c(c2)N(c2c(-c4c([2H])c([2H])c(C(C)(C)C)c([2H])c4[2H])c([2H])c(C(C)(C)C)c([2H])c2-c2c([2H])c(C(C)(C)C)c([2H])c(C(C)(C)C)c2[2H])c2cc(-c4cccc(C(C)(C)C)c4)cc4c2B3c2ccc(-c3c([2H])c([2H])c([2H])c([2H])c3[2H])cc2N4c2c(-c3c([2H])c([2H])c(C(C)(C)C)c([2H])c3[2H])c([2H])c(C(C)(C)C)c([2H])c2-c2c([2H])c([2H])c(C(C)(C)C)c([2H])c2C(C)(C)C)c([2H])c1[2H]. The Kier molecular flexibility index (Phi) is 12.5. The zero-order valence-electron chi connectivity index (χ0n) is 97.9. The topological polar surface area (TPSA) is 6.48 Å². The first kappa shape index (κ1) is 50.3. The lowest BCUT2D eigenvalue weighted by Crippen LogP contribution is -2.61. The number of fused-ring (bicyclic) bond motifs is 4. The van der Waals surface area contributed by atoms with Crippen LogP contribution in [-0.4, -0.2) is 6.71 Å². The lowest BCUT2D eigenvalue weighted by molar-refractivity contribution is 0.568. The molecule has 0 saturated carbocycles. The Bertz CT molecular complexity index is 7190. The summed E-state index contributed by atoms with van der Waals surface area (Å²) in [6.07, 6.45) is 0. The van der Waals surface area contributed by atoms with Crippen molar-refractivity contribution in [1.82, 2.24) is 0 Å². The summed E-state index contributed by atoms with van der Waals surface area (Å²) in [4.78, 5) is 3.28. The number of hydrogen-bond acceptors (Lipinski definition) is 2. The van der Waals surface area contributed by atoms with Crippen LogP contribution in [0.1, 0.15) is 275 Å². The molecule has 14 rings (SSSR count). The Balaban J connectivity index is 1.43. The quantitative estimate of drug-likeness (QED) is 0.133. The molecule has 0 amide bonds. The van der Waals surface area contributed by atoms with Crippen LogP contribution >= 0.6 is 0 Å². The first-order valence-electron chi connectivity index (χ1n) is 52.7. The van der Waals surface area contributed by atoms with Gasteiger partial charge in [-0.05, 0) is 219 Å². The summed E-state index contributed by atoms with van der Waals surface area (Å²) in [5, 5.41) is 0. The van der Waals surface area contributed by atoms with Gasteiger partial charge >= 0.3 is 0 Å². The third-order valence-corrected chi connectivity index (χ3v) is 20.9. The van der Waals surface area contributed by atoms with Gasteiger partial charge in [0.05, 0.1) is 49.8 Å². The van der Waals surface area contributed by atoms with Crippen molar-refractivity contribution in [1.29, 1.82) is 0 Å². The molecule has 0 N–H and O–H groups in total. The second-order valence-electron chi connectivity index (χ2n) is 39.4. The Morgan fingerprint density at radius 1 is 0.234 bits per heavy atom. The van der Waals surface area contributed by atoms with Crippen LogP contribution in [0.25, 0.3) is 77.9 Å². The summed E-state index contributed by atoms with van der Waals surface area (Å²) in [5.74, 6) is 0. The smallest absolute Gasteiger partial charge is 0.252 e. The molecule has 0 bridgehead atoms. The van der Waals surface area contributed by atoms with Crippen molar-refractivity contribution < 1.29 is 38.4 Å². The molecule has 2 aliphatic heterocycles. The molecule has 2 nitrogen and oxygen atoms in total. The van der Waals surface area contributed by atoms with E-state index in [0.29, 0.717) is 5.56 Å². The van der Waals surface area contributed by atoms with Gasteiger partial charge in [0.15, 0.2) is 0 Å². The fourth-order valence-corrected chi connectivity index (χ4v) is 14.4. The van der Waals surface area contributed by atoms with Crippen molar-refractivity contribution >= 4 is 57.2 Å². The van der Waals surface area contributed by atoms with E-state index in [-0.39, 0.29) is 163 Å². The zero-order chi connectivity index (χ0) is 104. The highest BCUT2D eigenvalue weighted by Crippen LogP contribution is 2.57. The van der Waals surface area contributed by atoms with Gasteiger partial charge in [0.2, 0.25) is 0 Å². The molecule has 0 saturated heterocycles. The van der Waals surface area contributed by atoms with Crippen molar-refractivity contribution in [3.05, 3.63) is 292 Å². The van der Waals surface area contributed by atoms with Crippen LogP contribution in [0.15, 0.2) is 242 Å². The van der Waals surface area contributed by atoms with Crippen LogP contribution in [0.2, 0.25) is 0 Å². The van der Waals surface area contributed by atoms with Crippen molar-refractivity contribution in [3.8, 4) is 77.9 Å². The van der Waals surface area contributed by atoms with Gasteiger partial charge in [-0.15, -0.1) is 0 Å². The molecule has 0 radical (unpaired) electrons. The predicted octanol–water partition coefficient (Wildman–Crippen LogP) is 29.1.